The summed E-state index contributed by atoms with van der Waals surface area (Å²) in [5.41, 5.74) is -0.284. The van der Waals surface area contributed by atoms with Gasteiger partial charge in [0, 0.05) is 11.2 Å². The second kappa shape index (κ2) is 5.44. The van der Waals surface area contributed by atoms with Gasteiger partial charge in [-0.3, -0.25) is 4.79 Å². The molecular formula is C12H12N4O4S. The Hall–Kier alpha value is -2.55. The van der Waals surface area contributed by atoms with E-state index >= 15 is 0 Å². The Balaban J connectivity index is 2.49. The zero-order valence-electron chi connectivity index (χ0n) is 11.3. The van der Waals surface area contributed by atoms with Gasteiger partial charge >= 0.3 is 5.82 Å². The molecule has 1 unspecified atom stereocenters. The van der Waals surface area contributed by atoms with Crippen molar-refractivity contribution in [3.63, 3.8) is 0 Å². The number of rotatable bonds is 3. The van der Waals surface area contributed by atoms with Crippen LogP contribution in [0.4, 0.5) is 5.82 Å². The second-order valence-corrected chi connectivity index (χ2v) is 6.53. The number of carbonyl (C=O) groups is 1. The first-order valence-electron chi connectivity index (χ1n) is 5.81. The summed E-state index contributed by atoms with van der Waals surface area (Å²) in [6, 6.07) is 8.25. The highest BCUT2D eigenvalue weighted by atomic mass is 32.2. The quantitative estimate of drug-likeness (QED) is 0.632. The molecule has 0 aliphatic heterocycles. The van der Waals surface area contributed by atoms with E-state index in [0.29, 0.717) is 4.90 Å². The van der Waals surface area contributed by atoms with Gasteiger partial charge in [-0.2, -0.15) is 4.36 Å². The van der Waals surface area contributed by atoms with Gasteiger partial charge in [-0.05, 0) is 17.1 Å². The van der Waals surface area contributed by atoms with Gasteiger partial charge in [0.25, 0.3) is 5.91 Å². The maximum absolute atomic E-state index is 12.5. The van der Waals surface area contributed by atoms with Crippen molar-refractivity contribution in [2.75, 3.05) is 6.26 Å². The van der Waals surface area contributed by atoms with Crippen LogP contribution in [0.1, 0.15) is 10.4 Å². The van der Waals surface area contributed by atoms with Gasteiger partial charge in [-0.1, -0.05) is 23.3 Å². The molecule has 1 atom stereocenters. The third kappa shape index (κ3) is 2.97. The largest absolute Gasteiger partial charge is 0.358 e. The molecule has 0 aliphatic carbocycles. The van der Waals surface area contributed by atoms with Crippen LogP contribution in [0.2, 0.25) is 0 Å². The Morgan fingerprint density at radius 2 is 2.00 bits per heavy atom. The molecule has 1 aromatic carbocycles. The summed E-state index contributed by atoms with van der Waals surface area (Å²) in [5.74, 6) is -1.40. The number of nitrogens with zero attached hydrogens (tertiary/aromatic N) is 4. The molecular weight excluding hydrogens is 296 g/mol. The fourth-order valence-corrected chi connectivity index (χ4v) is 2.91. The van der Waals surface area contributed by atoms with E-state index in [1.54, 1.807) is 30.3 Å². The van der Waals surface area contributed by atoms with Gasteiger partial charge < -0.3 is 10.1 Å². The van der Waals surface area contributed by atoms with Crippen LogP contribution in [-0.4, -0.2) is 31.1 Å². The molecule has 1 aromatic heterocycles. The van der Waals surface area contributed by atoms with Gasteiger partial charge in [0.05, 0.1) is 15.9 Å². The monoisotopic (exact) mass is 308 g/mol. The van der Waals surface area contributed by atoms with Crippen molar-refractivity contribution in [3.05, 3.63) is 52.2 Å². The topological polar surface area (TPSA) is 107 Å². The zero-order chi connectivity index (χ0) is 15.6. The van der Waals surface area contributed by atoms with Crippen molar-refractivity contribution >= 4 is 21.5 Å². The minimum Gasteiger partial charge on any atom is -0.358 e. The third-order valence-electron chi connectivity index (χ3n) is 2.75. The first-order valence-corrected chi connectivity index (χ1v) is 7.73. The third-order valence-corrected chi connectivity index (χ3v) is 4.41. The molecule has 0 spiro atoms. The number of hydrogen-bond donors (Lipinski definition) is 0. The predicted molar refractivity (Wildman–Crippen MR) is 75.4 cm³/mol. The van der Waals surface area contributed by atoms with Gasteiger partial charge in [0.2, 0.25) is 0 Å². The van der Waals surface area contributed by atoms with Crippen molar-refractivity contribution in [2.45, 2.75) is 4.90 Å². The first-order chi connectivity index (χ1) is 9.83. The number of hydrogen-bond acceptors (Lipinski definition) is 5. The van der Waals surface area contributed by atoms with Crippen LogP contribution in [0.25, 0.3) is 0 Å². The van der Waals surface area contributed by atoms with Crippen molar-refractivity contribution in [3.8, 4) is 0 Å². The highest BCUT2D eigenvalue weighted by Crippen LogP contribution is 2.19. The molecule has 0 saturated heterocycles. The molecule has 2 rings (SSSR count). The number of amides is 1. The molecule has 0 aliphatic rings. The highest BCUT2D eigenvalue weighted by molar-refractivity contribution is 7.93. The van der Waals surface area contributed by atoms with E-state index in [4.69, 9.17) is 0 Å². The van der Waals surface area contributed by atoms with Gasteiger partial charge in [0.15, 0.2) is 5.56 Å². The molecule has 0 saturated carbocycles. The Labute approximate surface area is 120 Å². The average Bonchev–Trinajstić information content (AvgIpc) is 2.81. The molecule has 21 heavy (non-hydrogen) atoms. The summed E-state index contributed by atoms with van der Waals surface area (Å²) >= 11 is 0. The molecule has 8 nitrogen and oxygen atoms in total. The maximum atomic E-state index is 12.5. The van der Waals surface area contributed by atoms with Crippen LogP contribution in [0.5, 0.6) is 0 Å². The smallest absolute Gasteiger partial charge is 0.357 e. The van der Waals surface area contributed by atoms with Crippen molar-refractivity contribution < 1.29 is 13.9 Å². The van der Waals surface area contributed by atoms with Crippen LogP contribution in [-0.2, 0) is 16.8 Å². The minimum absolute atomic E-state index is 0.284. The SMILES string of the molecule is Cn1ncc(C(=O)N=S(C)(=O)c2ccccc2)c1[N+](=O)[O-]. The van der Waals surface area contributed by atoms with Crippen LogP contribution < -0.4 is 0 Å². The second-order valence-electron chi connectivity index (χ2n) is 4.27. The van der Waals surface area contributed by atoms with E-state index in [9.17, 15) is 19.1 Å². The Bertz CT molecular complexity index is 819. The summed E-state index contributed by atoms with van der Waals surface area (Å²) in [5, 5.41) is 14.6. The van der Waals surface area contributed by atoms with Gasteiger partial charge in [-0.25, -0.2) is 4.21 Å². The van der Waals surface area contributed by atoms with Crippen molar-refractivity contribution in [2.24, 2.45) is 11.4 Å². The van der Waals surface area contributed by atoms with E-state index in [1.807, 2.05) is 0 Å². The summed E-state index contributed by atoms with van der Waals surface area (Å²) in [6.07, 6.45) is 2.35. The zero-order valence-corrected chi connectivity index (χ0v) is 12.1. The van der Waals surface area contributed by atoms with Crippen molar-refractivity contribution in [1.29, 1.82) is 0 Å². The van der Waals surface area contributed by atoms with Crippen LogP contribution in [0, 0.1) is 10.1 Å². The Morgan fingerprint density at radius 3 is 2.57 bits per heavy atom. The molecule has 110 valence electrons. The lowest BCUT2D eigenvalue weighted by atomic mass is 10.3. The normalized spacial score (nSPS) is 13.4. The Kier molecular flexibility index (Phi) is 3.85. The fraction of sp³-hybridized carbons (Fsp3) is 0.167. The number of benzene rings is 1. The van der Waals surface area contributed by atoms with E-state index in [0.717, 1.165) is 10.9 Å². The molecule has 0 N–H and O–H groups in total. The summed E-state index contributed by atoms with van der Waals surface area (Å²) < 4.78 is 17.1. The summed E-state index contributed by atoms with van der Waals surface area (Å²) in [7, 11) is -1.63. The first kappa shape index (κ1) is 14.9. The molecule has 0 fully saturated rings. The van der Waals surface area contributed by atoms with Crippen LogP contribution in [0.15, 0.2) is 45.8 Å². The van der Waals surface area contributed by atoms with E-state index in [2.05, 4.69) is 9.46 Å². The highest BCUT2D eigenvalue weighted by Gasteiger charge is 2.26. The fourth-order valence-electron chi connectivity index (χ4n) is 1.73. The molecule has 1 amide bonds. The lowest BCUT2D eigenvalue weighted by Gasteiger charge is -2.02. The lowest BCUT2D eigenvalue weighted by molar-refractivity contribution is -0.392. The standard InChI is InChI=1S/C12H12N4O4S/c1-15-12(16(18)19)10(8-13-15)11(17)14-21(2,20)9-6-4-3-5-7-9/h3-8H,1-2H3. The van der Waals surface area contributed by atoms with E-state index < -0.39 is 26.4 Å². The summed E-state index contributed by atoms with van der Waals surface area (Å²) in [6.45, 7) is 0. The number of nitro groups is 1. The van der Waals surface area contributed by atoms with E-state index in [1.165, 1.54) is 13.3 Å². The van der Waals surface area contributed by atoms with Gasteiger partial charge in [-0.15, -0.1) is 4.68 Å². The maximum Gasteiger partial charge on any atom is 0.357 e. The van der Waals surface area contributed by atoms with E-state index in [-0.39, 0.29) is 5.56 Å². The van der Waals surface area contributed by atoms with Crippen LogP contribution in [0.3, 0.4) is 0 Å². The van der Waals surface area contributed by atoms with Gasteiger partial charge in [0.1, 0.15) is 7.05 Å². The molecule has 0 bridgehead atoms. The lowest BCUT2D eigenvalue weighted by Crippen LogP contribution is -2.06. The molecule has 0 radical (unpaired) electrons. The van der Waals surface area contributed by atoms with Crippen LogP contribution >= 0.6 is 0 Å². The molecule has 1 heterocycles. The average molecular weight is 308 g/mol. The predicted octanol–water partition coefficient (Wildman–Crippen LogP) is 1.63. The Morgan fingerprint density at radius 1 is 1.38 bits per heavy atom. The number of carbonyl (C=O) groups excluding carboxylic acids is 1. The number of aromatic nitrogens is 2. The van der Waals surface area contributed by atoms with Crippen molar-refractivity contribution in [1.82, 2.24) is 9.78 Å². The summed E-state index contributed by atoms with van der Waals surface area (Å²) in [4.78, 5) is 22.6. The molecule has 2 aromatic rings. The molecule has 9 heteroatoms. The minimum atomic E-state index is -2.98. The number of aryl methyl sites for hydroxylation is 1.